The second-order valence-electron chi connectivity index (χ2n) is 8.26. The van der Waals surface area contributed by atoms with Crippen molar-refractivity contribution < 1.29 is 22.7 Å². The second-order valence-corrected chi connectivity index (χ2v) is 10.3. The molecule has 0 unspecified atom stereocenters. The molecule has 168 valence electrons. The van der Waals surface area contributed by atoms with E-state index in [4.69, 9.17) is 21.1 Å². The average Bonchev–Trinajstić information content (AvgIpc) is 2.70. The third-order valence-corrected chi connectivity index (χ3v) is 6.83. The van der Waals surface area contributed by atoms with E-state index in [1.807, 2.05) is 25.1 Å². The molecule has 0 aromatic heterocycles. The van der Waals surface area contributed by atoms with Gasteiger partial charge in [-0.05, 0) is 52.0 Å². The van der Waals surface area contributed by atoms with Gasteiger partial charge in [0.1, 0.15) is 18.1 Å². The Hall–Kier alpha value is -2.29. The molecule has 0 radical (unpaired) electrons. The third-order valence-electron chi connectivity index (χ3n) is 4.59. The van der Waals surface area contributed by atoms with Crippen molar-refractivity contribution >= 4 is 27.5 Å². The topological polar surface area (TPSA) is 84.9 Å². The van der Waals surface area contributed by atoms with Gasteiger partial charge in [0.2, 0.25) is 10.0 Å². The third kappa shape index (κ3) is 5.50. The number of para-hydroxylation sites is 1. The number of carbonyl (C=O) groups excluding carboxylic acids is 1. The highest BCUT2D eigenvalue weighted by Gasteiger charge is 2.27. The Bertz CT molecular complexity index is 1080. The van der Waals surface area contributed by atoms with Crippen molar-refractivity contribution in [1.29, 1.82) is 0 Å². The maximum absolute atomic E-state index is 13.2. The molecule has 0 bridgehead atoms. The minimum absolute atomic E-state index is 0.0547. The average molecular weight is 467 g/mol. The van der Waals surface area contributed by atoms with Gasteiger partial charge >= 0.3 is 0 Å². The summed E-state index contributed by atoms with van der Waals surface area (Å²) in [4.78, 5) is 14.7. The van der Waals surface area contributed by atoms with Crippen LogP contribution in [0.15, 0.2) is 41.3 Å². The molecule has 1 aliphatic rings. The summed E-state index contributed by atoms with van der Waals surface area (Å²) in [6.07, 6.45) is 0. The van der Waals surface area contributed by atoms with Gasteiger partial charge in [-0.15, -0.1) is 0 Å². The Morgan fingerprint density at radius 3 is 2.55 bits per heavy atom. The first-order valence-corrected chi connectivity index (χ1v) is 11.9. The molecule has 2 aromatic rings. The summed E-state index contributed by atoms with van der Waals surface area (Å²) in [5.41, 5.74) is 0.373. The molecule has 0 aliphatic carbocycles. The number of carbonyl (C=O) groups is 1. The highest BCUT2D eigenvalue weighted by Crippen LogP contribution is 2.34. The lowest BCUT2D eigenvalue weighted by atomic mass is 10.1. The van der Waals surface area contributed by atoms with Gasteiger partial charge in [0.05, 0.1) is 5.02 Å². The Balaban J connectivity index is 1.90. The number of hydrogen-bond acceptors (Lipinski definition) is 5. The smallest absolute Gasteiger partial charge is 0.254 e. The van der Waals surface area contributed by atoms with Crippen LogP contribution in [0, 0.1) is 0 Å². The monoisotopic (exact) mass is 466 g/mol. The molecule has 0 spiro atoms. The number of hydrogen-bond donors (Lipinski definition) is 1. The Morgan fingerprint density at radius 2 is 1.87 bits per heavy atom. The van der Waals surface area contributed by atoms with Crippen LogP contribution in [0.2, 0.25) is 5.02 Å². The molecule has 1 aliphatic heterocycles. The number of fused-ring (bicyclic) bond motifs is 1. The van der Waals surface area contributed by atoms with Crippen molar-refractivity contribution in [3.05, 3.63) is 52.5 Å². The summed E-state index contributed by atoms with van der Waals surface area (Å²) in [6.45, 7) is 8.72. The van der Waals surface area contributed by atoms with Gasteiger partial charge in [-0.3, -0.25) is 4.79 Å². The van der Waals surface area contributed by atoms with Crippen LogP contribution in [0.4, 0.5) is 0 Å². The van der Waals surface area contributed by atoms with E-state index in [0.29, 0.717) is 37.8 Å². The molecule has 0 saturated heterocycles. The summed E-state index contributed by atoms with van der Waals surface area (Å²) < 4.78 is 39.5. The zero-order valence-corrected chi connectivity index (χ0v) is 19.6. The molecule has 3 rings (SSSR count). The van der Waals surface area contributed by atoms with Crippen LogP contribution in [-0.2, 0) is 16.6 Å². The normalized spacial score (nSPS) is 13.7. The quantitative estimate of drug-likeness (QED) is 0.698. The Labute approximate surface area is 188 Å². The summed E-state index contributed by atoms with van der Waals surface area (Å²) >= 11 is 6.16. The maximum atomic E-state index is 13.2. The standard InChI is InChI=1S/C22H27ClN2O5S/c1-5-25(14-16-7-6-8-18-20(16)30-12-11-29-18)21(26)15-9-10-17(23)19(13-15)31(27,28)24-22(2,3)4/h6-10,13,24H,5,11-12,14H2,1-4H3. The zero-order chi connectivity index (χ0) is 22.8. The number of nitrogens with one attached hydrogen (secondary N) is 1. The fourth-order valence-electron chi connectivity index (χ4n) is 3.27. The summed E-state index contributed by atoms with van der Waals surface area (Å²) in [7, 11) is -3.90. The predicted octanol–water partition coefficient (Wildman–Crippen LogP) is 3.85. The van der Waals surface area contributed by atoms with Gasteiger partial charge in [0.25, 0.3) is 5.91 Å². The molecule has 31 heavy (non-hydrogen) atoms. The molecule has 0 saturated carbocycles. The van der Waals surface area contributed by atoms with Crippen molar-refractivity contribution in [1.82, 2.24) is 9.62 Å². The number of rotatable bonds is 6. The van der Waals surface area contributed by atoms with Crippen LogP contribution in [0.5, 0.6) is 11.5 Å². The molecule has 9 heteroatoms. The molecule has 0 atom stereocenters. The van der Waals surface area contributed by atoms with Crippen molar-refractivity contribution in [3.8, 4) is 11.5 Å². The van der Waals surface area contributed by atoms with Gasteiger partial charge in [-0.2, -0.15) is 0 Å². The van der Waals surface area contributed by atoms with Gasteiger partial charge in [-0.1, -0.05) is 23.7 Å². The van der Waals surface area contributed by atoms with E-state index in [1.165, 1.54) is 18.2 Å². The van der Waals surface area contributed by atoms with E-state index < -0.39 is 15.6 Å². The van der Waals surface area contributed by atoms with E-state index in [2.05, 4.69) is 4.72 Å². The number of ether oxygens (including phenoxy) is 2. The molecular formula is C22H27ClN2O5S. The van der Waals surface area contributed by atoms with Crippen LogP contribution in [0.25, 0.3) is 0 Å². The first-order chi connectivity index (χ1) is 14.5. The molecule has 1 N–H and O–H groups in total. The van der Waals surface area contributed by atoms with Crippen molar-refractivity contribution in [3.63, 3.8) is 0 Å². The molecule has 1 amide bonds. The second kappa shape index (κ2) is 9.06. The van der Waals surface area contributed by atoms with Gasteiger partial charge in [0.15, 0.2) is 11.5 Å². The summed E-state index contributed by atoms with van der Waals surface area (Å²) in [5.74, 6) is 0.981. The maximum Gasteiger partial charge on any atom is 0.254 e. The number of nitrogens with zero attached hydrogens (tertiary/aromatic N) is 1. The zero-order valence-electron chi connectivity index (χ0n) is 18.1. The molecule has 1 heterocycles. The predicted molar refractivity (Wildman–Crippen MR) is 119 cm³/mol. The fraction of sp³-hybridized carbons (Fsp3) is 0.409. The van der Waals surface area contributed by atoms with Crippen LogP contribution >= 0.6 is 11.6 Å². The minimum Gasteiger partial charge on any atom is -0.486 e. The van der Waals surface area contributed by atoms with E-state index >= 15 is 0 Å². The van der Waals surface area contributed by atoms with Gasteiger partial charge < -0.3 is 14.4 Å². The number of amides is 1. The number of sulfonamides is 1. The number of benzene rings is 2. The minimum atomic E-state index is -3.90. The molecule has 7 nitrogen and oxygen atoms in total. The molecular weight excluding hydrogens is 440 g/mol. The van der Waals surface area contributed by atoms with Crippen LogP contribution < -0.4 is 14.2 Å². The van der Waals surface area contributed by atoms with E-state index in [1.54, 1.807) is 25.7 Å². The first-order valence-electron chi connectivity index (χ1n) is 10.0. The summed E-state index contributed by atoms with van der Waals surface area (Å²) in [5, 5.41) is 0.0547. The van der Waals surface area contributed by atoms with E-state index in [9.17, 15) is 13.2 Å². The fourth-order valence-corrected chi connectivity index (χ4v) is 5.22. The Kier molecular flexibility index (Phi) is 6.83. The van der Waals surface area contributed by atoms with Crippen molar-refractivity contribution in [2.24, 2.45) is 0 Å². The van der Waals surface area contributed by atoms with Gasteiger partial charge in [-0.25, -0.2) is 13.1 Å². The SMILES string of the molecule is CCN(Cc1cccc2c1OCCO2)C(=O)c1ccc(Cl)c(S(=O)(=O)NC(C)(C)C)c1. The van der Waals surface area contributed by atoms with Crippen LogP contribution in [0.1, 0.15) is 43.6 Å². The number of halogens is 1. The molecule has 0 fully saturated rings. The van der Waals surface area contributed by atoms with Crippen LogP contribution in [-0.4, -0.2) is 44.5 Å². The Morgan fingerprint density at radius 1 is 1.16 bits per heavy atom. The highest BCUT2D eigenvalue weighted by atomic mass is 35.5. The lowest BCUT2D eigenvalue weighted by molar-refractivity contribution is 0.0749. The van der Waals surface area contributed by atoms with Crippen molar-refractivity contribution in [2.45, 2.75) is 44.7 Å². The van der Waals surface area contributed by atoms with Gasteiger partial charge in [0, 0.05) is 29.8 Å². The lowest BCUT2D eigenvalue weighted by Gasteiger charge is -2.26. The van der Waals surface area contributed by atoms with E-state index in [-0.39, 0.29) is 21.4 Å². The lowest BCUT2D eigenvalue weighted by Crippen LogP contribution is -2.40. The van der Waals surface area contributed by atoms with Crippen molar-refractivity contribution in [2.75, 3.05) is 19.8 Å². The first kappa shape index (κ1) is 23.4. The summed E-state index contributed by atoms with van der Waals surface area (Å²) in [6, 6.07) is 9.85. The van der Waals surface area contributed by atoms with Crippen LogP contribution in [0.3, 0.4) is 0 Å². The van der Waals surface area contributed by atoms with E-state index in [0.717, 1.165) is 5.56 Å². The molecule has 2 aromatic carbocycles. The largest absolute Gasteiger partial charge is 0.486 e. The highest BCUT2D eigenvalue weighted by molar-refractivity contribution is 7.89.